The molecule has 0 N–H and O–H groups in total. The number of esters is 1. The zero-order chi connectivity index (χ0) is 13.8. The Kier molecular flexibility index (Phi) is 3.94. The molecule has 1 heterocycles. The van der Waals surface area contributed by atoms with Gasteiger partial charge in [0.05, 0.1) is 0 Å². The summed E-state index contributed by atoms with van der Waals surface area (Å²) in [6.45, 7) is 5.42. The second-order valence-corrected chi connectivity index (χ2v) is 4.61. The van der Waals surface area contributed by atoms with Crippen LogP contribution in [0.5, 0.6) is 0 Å². The van der Waals surface area contributed by atoms with E-state index in [2.05, 4.69) is 10.1 Å². The van der Waals surface area contributed by atoms with Gasteiger partial charge < -0.3 is 4.74 Å². The lowest BCUT2D eigenvalue weighted by Gasteiger charge is -2.17. The van der Waals surface area contributed by atoms with Crippen LogP contribution in [-0.2, 0) is 9.53 Å². The van der Waals surface area contributed by atoms with E-state index in [1.165, 1.54) is 6.92 Å². The molecule has 0 aliphatic rings. The maximum Gasteiger partial charge on any atom is 0.304 e. The third-order valence-corrected chi connectivity index (χ3v) is 2.65. The van der Waals surface area contributed by atoms with Crippen molar-refractivity contribution in [2.24, 2.45) is 0 Å². The molecule has 5 nitrogen and oxygen atoms in total. The lowest BCUT2D eigenvalue weighted by molar-refractivity contribution is -0.148. The second-order valence-electron chi connectivity index (χ2n) is 4.61. The van der Waals surface area contributed by atoms with Gasteiger partial charge in [-0.3, -0.25) is 4.79 Å². The summed E-state index contributed by atoms with van der Waals surface area (Å²) < 4.78 is 6.91. The first-order valence-electron chi connectivity index (χ1n) is 6.21. The summed E-state index contributed by atoms with van der Waals surface area (Å²) in [6.07, 6.45) is 1.02. The van der Waals surface area contributed by atoms with Gasteiger partial charge in [-0.05, 0) is 0 Å². The van der Waals surface area contributed by atoms with Gasteiger partial charge in [0.15, 0.2) is 5.82 Å². The van der Waals surface area contributed by atoms with Gasteiger partial charge in [-0.25, -0.2) is 9.67 Å². The van der Waals surface area contributed by atoms with E-state index < -0.39 is 6.23 Å². The maximum absolute atomic E-state index is 11.3. The van der Waals surface area contributed by atoms with Crippen LogP contribution in [0.4, 0.5) is 0 Å². The lowest BCUT2D eigenvalue weighted by Crippen LogP contribution is -2.18. The molecule has 0 aliphatic heterocycles. The van der Waals surface area contributed by atoms with Crippen LogP contribution in [0.1, 0.15) is 44.3 Å². The van der Waals surface area contributed by atoms with Gasteiger partial charge in [0, 0.05) is 18.4 Å². The third kappa shape index (κ3) is 3.19. The summed E-state index contributed by atoms with van der Waals surface area (Å²) in [7, 11) is 0. The monoisotopic (exact) mass is 259 g/mol. The highest BCUT2D eigenvalue weighted by Crippen LogP contribution is 2.20. The Bertz CT molecular complexity index is 549. The zero-order valence-electron chi connectivity index (χ0n) is 11.3. The molecule has 0 saturated heterocycles. The van der Waals surface area contributed by atoms with Gasteiger partial charge in [-0.2, -0.15) is 5.10 Å². The molecular weight excluding hydrogens is 242 g/mol. The van der Waals surface area contributed by atoms with Crippen molar-refractivity contribution in [2.75, 3.05) is 0 Å². The van der Waals surface area contributed by atoms with E-state index in [4.69, 9.17) is 4.74 Å². The molecule has 2 aromatic rings. The minimum atomic E-state index is -0.571. The van der Waals surface area contributed by atoms with Gasteiger partial charge in [-0.1, -0.05) is 44.2 Å². The molecule has 5 heteroatoms. The lowest BCUT2D eigenvalue weighted by atomic mass is 10.2. The van der Waals surface area contributed by atoms with Gasteiger partial charge in [0.1, 0.15) is 6.33 Å². The molecule has 1 aromatic heterocycles. The van der Waals surface area contributed by atoms with Gasteiger partial charge in [-0.15, -0.1) is 0 Å². The van der Waals surface area contributed by atoms with Crippen LogP contribution < -0.4 is 0 Å². The molecule has 0 radical (unpaired) electrons. The normalized spacial score (nSPS) is 12.4. The van der Waals surface area contributed by atoms with Crippen LogP contribution in [0.15, 0.2) is 36.7 Å². The van der Waals surface area contributed by atoms with Crippen LogP contribution in [0.2, 0.25) is 0 Å². The molecular formula is C14H17N3O2. The van der Waals surface area contributed by atoms with Crippen molar-refractivity contribution in [3.8, 4) is 0 Å². The Hall–Kier alpha value is -2.17. The molecule has 1 atom stereocenters. The second kappa shape index (κ2) is 5.65. The van der Waals surface area contributed by atoms with Crippen LogP contribution in [0.25, 0.3) is 0 Å². The van der Waals surface area contributed by atoms with Crippen LogP contribution in [-0.4, -0.2) is 20.7 Å². The Morgan fingerprint density at radius 1 is 1.26 bits per heavy atom. The molecule has 0 amide bonds. The first-order valence-corrected chi connectivity index (χ1v) is 6.21. The predicted octanol–water partition coefficient (Wildman–Crippen LogP) is 2.51. The van der Waals surface area contributed by atoms with Crippen molar-refractivity contribution in [1.29, 1.82) is 0 Å². The summed E-state index contributed by atoms with van der Waals surface area (Å²) in [4.78, 5) is 15.5. The van der Waals surface area contributed by atoms with E-state index in [0.29, 0.717) is 0 Å². The minimum absolute atomic E-state index is 0.231. The average molecular weight is 259 g/mol. The number of aromatic nitrogens is 3. The van der Waals surface area contributed by atoms with Crippen molar-refractivity contribution in [3.05, 3.63) is 48.0 Å². The number of ether oxygens (including phenoxy) is 1. The third-order valence-electron chi connectivity index (χ3n) is 2.65. The van der Waals surface area contributed by atoms with Crippen molar-refractivity contribution >= 4 is 5.97 Å². The fraction of sp³-hybridized carbons (Fsp3) is 0.357. The highest BCUT2D eigenvalue weighted by atomic mass is 16.6. The van der Waals surface area contributed by atoms with E-state index in [-0.39, 0.29) is 11.9 Å². The van der Waals surface area contributed by atoms with E-state index in [1.807, 2.05) is 44.2 Å². The smallest absolute Gasteiger partial charge is 0.304 e. The fourth-order valence-electron chi connectivity index (χ4n) is 1.72. The molecule has 0 aliphatic carbocycles. The Balaban J connectivity index is 2.34. The largest absolute Gasteiger partial charge is 0.435 e. The SMILES string of the molecule is CC(=O)OC(c1ccccc1)n1cnc(C(C)C)n1. The summed E-state index contributed by atoms with van der Waals surface area (Å²) in [5.74, 6) is 0.610. The van der Waals surface area contributed by atoms with Crippen molar-refractivity contribution in [2.45, 2.75) is 32.9 Å². The highest BCUT2D eigenvalue weighted by molar-refractivity contribution is 5.66. The molecule has 100 valence electrons. The first-order chi connectivity index (χ1) is 9.08. The van der Waals surface area contributed by atoms with Crippen molar-refractivity contribution in [3.63, 3.8) is 0 Å². The predicted molar refractivity (Wildman–Crippen MR) is 70.5 cm³/mol. The zero-order valence-corrected chi connectivity index (χ0v) is 11.3. The van der Waals surface area contributed by atoms with E-state index in [1.54, 1.807) is 11.0 Å². The molecule has 0 saturated carbocycles. The number of carbonyl (C=O) groups is 1. The molecule has 0 spiro atoms. The molecule has 0 fully saturated rings. The number of rotatable bonds is 4. The molecule has 0 bridgehead atoms. The van der Waals surface area contributed by atoms with E-state index in [9.17, 15) is 4.79 Å². The Morgan fingerprint density at radius 3 is 2.47 bits per heavy atom. The van der Waals surface area contributed by atoms with E-state index >= 15 is 0 Å². The molecule has 1 aromatic carbocycles. The summed E-state index contributed by atoms with van der Waals surface area (Å²) >= 11 is 0. The number of nitrogens with zero attached hydrogens (tertiary/aromatic N) is 3. The molecule has 1 unspecified atom stereocenters. The summed E-state index contributed by atoms with van der Waals surface area (Å²) in [6, 6.07) is 9.49. The fourth-order valence-corrected chi connectivity index (χ4v) is 1.72. The highest BCUT2D eigenvalue weighted by Gasteiger charge is 2.19. The van der Waals surface area contributed by atoms with E-state index in [0.717, 1.165) is 11.4 Å². The van der Waals surface area contributed by atoms with Crippen LogP contribution >= 0.6 is 0 Å². The number of hydrogen-bond donors (Lipinski definition) is 0. The summed E-state index contributed by atoms with van der Waals surface area (Å²) in [5.41, 5.74) is 0.859. The topological polar surface area (TPSA) is 57.0 Å². The van der Waals surface area contributed by atoms with Crippen molar-refractivity contribution < 1.29 is 9.53 Å². The Labute approximate surface area is 112 Å². The first kappa shape index (κ1) is 13.3. The quantitative estimate of drug-likeness (QED) is 0.792. The standard InChI is InChI=1S/C14H17N3O2/c1-10(2)13-15-9-17(16-13)14(19-11(3)18)12-7-5-4-6-8-12/h4-10,14H,1-3H3. The summed E-state index contributed by atoms with van der Waals surface area (Å²) in [5, 5.41) is 4.37. The minimum Gasteiger partial charge on any atom is -0.435 e. The molecule has 2 rings (SSSR count). The van der Waals surface area contributed by atoms with Gasteiger partial charge in [0.25, 0.3) is 0 Å². The van der Waals surface area contributed by atoms with Gasteiger partial charge >= 0.3 is 5.97 Å². The van der Waals surface area contributed by atoms with Crippen molar-refractivity contribution in [1.82, 2.24) is 14.8 Å². The van der Waals surface area contributed by atoms with Gasteiger partial charge in [0.2, 0.25) is 6.23 Å². The van der Waals surface area contributed by atoms with Crippen LogP contribution in [0, 0.1) is 0 Å². The maximum atomic E-state index is 11.3. The van der Waals surface area contributed by atoms with Crippen LogP contribution in [0.3, 0.4) is 0 Å². The number of carbonyl (C=O) groups excluding carboxylic acids is 1. The number of hydrogen-bond acceptors (Lipinski definition) is 4. The Morgan fingerprint density at radius 2 is 1.95 bits per heavy atom. The average Bonchev–Trinajstić information content (AvgIpc) is 2.86. The molecule has 19 heavy (non-hydrogen) atoms. The number of benzene rings is 1.